The molecule has 136 valence electrons. The van der Waals surface area contributed by atoms with Gasteiger partial charge in [-0.15, -0.1) is 0 Å². The van der Waals surface area contributed by atoms with Crippen molar-refractivity contribution in [3.63, 3.8) is 0 Å². The lowest BCUT2D eigenvalue weighted by Crippen LogP contribution is -2.38. The highest BCUT2D eigenvalue weighted by Gasteiger charge is 2.42. The number of anilines is 2. The van der Waals surface area contributed by atoms with E-state index in [1.807, 2.05) is 19.1 Å². The summed E-state index contributed by atoms with van der Waals surface area (Å²) >= 11 is 0. The summed E-state index contributed by atoms with van der Waals surface area (Å²) in [7, 11) is 0. The molecule has 25 heavy (non-hydrogen) atoms. The Bertz CT molecular complexity index is 675. The van der Waals surface area contributed by atoms with Crippen molar-refractivity contribution in [2.24, 2.45) is 5.41 Å². The number of nitrogens with one attached hydrogen (secondary N) is 1. The van der Waals surface area contributed by atoms with Gasteiger partial charge in [-0.1, -0.05) is 0 Å². The maximum Gasteiger partial charge on any atom is 0.321 e. The predicted molar refractivity (Wildman–Crippen MR) is 93.0 cm³/mol. The van der Waals surface area contributed by atoms with Gasteiger partial charge >= 0.3 is 12.0 Å². The van der Waals surface area contributed by atoms with Crippen molar-refractivity contribution in [1.29, 1.82) is 0 Å². The lowest BCUT2D eigenvalue weighted by Gasteiger charge is -2.28. The quantitative estimate of drug-likeness (QED) is 0.861. The van der Waals surface area contributed by atoms with Crippen LogP contribution < -0.4 is 10.2 Å². The highest BCUT2D eigenvalue weighted by atomic mass is 16.5. The van der Waals surface area contributed by atoms with Crippen molar-refractivity contribution in [2.75, 3.05) is 49.6 Å². The minimum Gasteiger partial charge on any atom is -0.481 e. The number of morpholine rings is 1. The second kappa shape index (κ2) is 6.87. The molecule has 1 atom stereocenters. The molecule has 2 fully saturated rings. The van der Waals surface area contributed by atoms with E-state index in [1.165, 1.54) is 0 Å². The number of pyridine rings is 1. The fourth-order valence-corrected chi connectivity index (χ4v) is 3.15. The van der Waals surface area contributed by atoms with Crippen LogP contribution in [0.5, 0.6) is 0 Å². The second-order valence-electron chi connectivity index (χ2n) is 6.87. The minimum atomic E-state index is -0.870. The van der Waals surface area contributed by atoms with Crippen LogP contribution in [-0.4, -0.2) is 66.4 Å². The number of carbonyl (C=O) groups is 2. The molecule has 0 saturated carbocycles. The molecular formula is C17H24N4O4. The van der Waals surface area contributed by atoms with Gasteiger partial charge in [0.05, 0.1) is 30.0 Å². The Labute approximate surface area is 146 Å². The van der Waals surface area contributed by atoms with Gasteiger partial charge in [0.2, 0.25) is 0 Å². The Morgan fingerprint density at radius 3 is 2.60 bits per heavy atom. The third kappa shape index (κ3) is 3.68. The van der Waals surface area contributed by atoms with Crippen molar-refractivity contribution >= 4 is 23.5 Å². The lowest BCUT2D eigenvalue weighted by molar-refractivity contribution is -0.146. The number of urea groups is 1. The van der Waals surface area contributed by atoms with E-state index in [-0.39, 0.29) is 12.6 Å². The molecule has 2 aliphatic rings. The molecule has 0 spiro atoms. The highest BCUT2D eigenvalue weighted by Crippen LogP contribution is 2.30. The van der Waals surface area contributed by atoms with Crippen LogP contribution in [0.1, 0.15) is 19.0 Å². The van der Waals surface area contributed by atoms with Gasteiger partial charge in [-0.3, -0.25) is 4.79 Å². The van der Waals surface area contributed by atoms with Crippen LogP contribution in [0.2, 0.25) is 0 Å². The molecule has 0 aromatic carbocycles. The second-order valence-corrected chi connectivity index (χ2v) is 6.87. The Hall–Kier alpha value is -2.35. The number of carboxylic acid groups (broad SMARTS) is 1. The first-order chi connectivity index (χ1) is 11.9. The third-order valence-corrected chi connectivity index (χ3v) is 4.92. The number of hydrogen-bond acceptors (Lipinski definition) is 5. The Morgan fingerprint density at radius 1 is 1.28 bits per heavy atom. The van der Waals surface area contributed by atoms with E-state index in [1.54, 1.807) is 11.8 Å². The smallest absolute Gasteiger partial charge is 0.321 e. The van der Waals surface area contributed by atoms with Crippen LogP contribution in [0.3, 0.4) is 0 Å². The molecule has 2 N–H and O–H groups in total. The summed E-state index contributed by atoms with van der Waals surface area (Å²) in [5, 5.41) is 12.1. The summed E-state index contributed by atoms with van der Waals surface area (Å²) in [4.78, 5) is 32.0. The van der Waals surface area contributed by atoms with Crippen LogP contribution in [0, 0.1) is 12.3 Å². The first-order valence-corrected chi connectivity index (χ1v) is 8.49. The summed E-state index contributed by atoms with van der Waals surface area (Å²) in [5.41, 5.74) is 0.508. The normalized spacial score (nSPS) is 23.6. The van der Waals surface area contributed by atoms with E-state index in [4.69, 9.17) is 4.74 Å². The van der Waals surface area contributed by atoms with Crippen molar-refractivity contribution in [3.05, 3.63) is 17.8 Å². The number of hydrogen-bond donors (Lipinski definition) is 2. The summed E-state index contributed by atoms with van der Waals surface area (Å²) in [6.45, 7) is 7.17. The zero-order valence-corrected chi connectivity index (χ0v) is 14.6. The van der Waals surface area contributed by atoms with Gasteiger partial charge in [-0.05, 0) is 32.4 Å². The number of nitrogens with zero attached hydrogens (tertiary/aromatic N) is 3. The molecule has 2 saturated heterocycles. The van der Waals surface area contributed by atoms with Gasteiger partial charge in [0, 0.05) is 26.2 Å². The van der Waals surface area contributed by atoms with Crippen molar-refractivity contribution in [1.82, 2.24) is 9.88 Å². The zero-order chi connectivity index (χ0) is 18.0. The lowest BCUT2D eigenvalue weighted by atomic mass is 9.90. The van der Waals surface area contributed by atoms with E-state index in [0.29, 0.717) is 31.9 Å². The van der Waals surface area contributed by atoms with E-state index < -0.39 is 11.4 Å². The number of aryl methyl sites for hydroxylation is 1. The zero-order valence-electron chi connectivity index (χ0n) is 14.6. The molecule has 1 unspecified atom stereocenters. The van der Waals surface area contributed by atoms with Crippen molar-refractivity contribution in [2.45, 2.75) is 20.3 Å². The van der Waals surface area contributed by atoms with Gasteiger partial charge in [0.25, 0.3) is 0 Å². The standard InChI is InChI=1S/C17H24N4O4/c1-12-13(3-4-14(18-12)20-7-9-25-10-8-20)19-16(24)21-6-5-17(2,11-21)15(22)23/h3-4H,5-11H2,1-2H3,(H,19,24)(H,22,23). The summed E-state index contributed by atoms with van der Waals surface area (Å²) in [6.07, 6.45) is 0.461. The molecule has 8 nitrogen and oxygen atoms in total. The van der Waals surface area contributed by atoms with Crippen LogP contribution in [-0.2, 0) is 9.53 Å². The van der Waals surface area contributed by atoms with Crippen molar-refractivity contribution in [3.8, 4) is 0 Å². The van der Waals surface area contributed by atoms with Gasteiger partial charge in [0.1, 0.15) is 5.82 Å². The minimum absolute atomic E-state index is 0.215. The Balaban J connectivity index is 1.65. The number of rotatable bonds is 3. The maximum atomic E-state index is 12.4. The van der Waals surface area contributed by atoms with E-state index in [9.17, 15) is 14.7 Å². The first-order valence-electron chi connectivity index (χ1n) is 8.49. The van der Waals surface area contributed by atoms with Crippen LogP contribution in [0.25, 0.3) is 0 Å². The third-order valence-electron chi connectivity index (χ3n) is 4.92. The fourth-order valence-electron chi connectivity index (χ4n) is 3.15. The van der Waals surface area contributed by atoms with Gasteiger partial charge in [-0.2, -0.15) is 0 Å². The SMILES string of the molecule is Cc1nc(N2CCOCC2)ccc1NC(=O)N1CCC(C)(C(=O)O)C1. The number of carbonyl (C=O) groups excluding carboxylic acids is 1. The summed E-state index contributed by atoms with van der Waals surface area (Å²) in [6, 6.07) is 3.45. The topological polar surface area (TPSA) is 95.0 Å². The van der Waals surface area contributed by atoms with E-state index >= 15 is 0 Å². The number of likely N-dealkylation sites (tertiary alicyclic amines) is 1. The molecule has 3 heterocycles. The van der Waals surface area contributed by atoms with E-state index in [2.05, 4.69) is 15.2 Å². The number of ether oxygens (including phenoxy) is 1. The van der Waals surface area contributed by atoms with Gasteiger partial charge in [-0.25, -0.2) is 9.78 Å². The van der Waals surface area contributed by atoms with E-state index in [0.717, 1.165) is 24.6 Å². The molecule has 0 radical (unpaired) electrons. The average Bonchev–Trinajstić information content (AvgIpc) is 3.01. The molecule has 8 heteroatoms. The monoisotopic (exact) mass is 348 g/mol. The predicted octanol–water partition coefficient (Wildman–Crippen LogP) is 1.56. The summed E-state index contributed by atoms with van der Waals surface area (Å²) < 4.78 is 5.34. The number of aromatic nitrogens is 1. The number of amides is 2. The molecule has 0 aliphatic carbocycles. The highest BCUT2D eigenvalue weighted by molar-refractivity contribution is 5.91. The fraction of sp³-hybridized carbons (Fsp3) is 0.588. The number of aliphatic carboxylic acids is 1. The van der Waals surface area contributed by atoms with Crippen LogP contribution in [0.4, 0.5) is 16.3 Å². The Morgan fingerprint density at radius 2 is 2.00 bits per heavy atom. The molecule has 1 aromatic rings. The van der Waals surface area contributed by atoms with Crippen molar-refractivity contribution < 1.29 is 19.4 Å². The number of carboxylic acids is 1. The summed E-state index contributed by atoms with van der Waals surface area (Å²) in [5.74, 6) is 0.00827. The van der Waals surface area contributed by atoms with Crippen LogP contribution in [0.15, 0.2) is 12.1 Å². The van der Waals surface area contributed by atoms with Gasteiger partial charge in [0.15, 0.2) is 0 Å². The maximum absolute atomic E-state index is 12.4. The molecule has 2 amide bonds. The molecule has 1 aromatic heterocycles. The average molecular weight is 348 g/mol. The van der Waals surface area contributed by atoms with Crippen LogP contribution >= 0.6 is 0 Å². The molecule has 0 bridgehead atoms. The molecule has 2 aliphatic heterocycles. The first kappa shape index (κ1) is 17.5. The largest absolute Gasteiger partial charge is 0.481 e. The molecule has 3 rings (SSSR count). The van der Waals surface area contributed by atoms with Gasteiger partial charge < -0.3 is 25.0 Å². The molecular weight excluding hydrogens is 324 g/mol. The Kier molecular flexibility index (Phi) is 4.80.